The predicted molar refractivity (Wildman–Crippen MR) is 79.4 cm³/mol. The highest BCUT2D eigenvalue weighted by Crippen LogP contribution is 2.29. The number of nitrogens with one attached hydrogen (secondary N) is 1. The minimum absolute atomic E-state index is 0.0682. The molecule has 1 saturated heterocycles. The van der Waals surface area contributed by atoms with Crippen LogP contribution < -0.4 is 5.32 Å². The van der Waals surface area contributed by atoms with E-state index in [9.17, 15) is 4.79 Å². The van der Waals surface area contributed by atoms with Crippen molar-refractivity contribution < 1.29 is 9.53 Å². The maximum absolute atomic E-state index is 12.1. The fourth-order valence-corrected chi connectivity index (χ4v) is 2.86. The van der Waals surface area contributed by atoms with Crippen molar-refractivity contribution in [3.63, 3.8) is 0 Å². The van der Waals surface area contributed by atoms with Crippen molar-refractivity contribution in [2.24, 2.45) is 5.41 Å². The Morgan fingerprint density at radius 2 is 2.10 bits per heavy atom. The zero-order valence-corrected chi connectivity index (χ0v) is 12.6. The van der Waals surface area contributed by atoms with Crippen LogP contribution in [0.25, 0.3) is 0 Å². The number of amides is 1. The summed E-state index contributed by atoms with van der Waals surface area (Å²) in [7, 11) is 1.98. The summed E-state index contributed by atoms with van der Waals surface area (Å²) < 4.78 is 5.40. The molecule has 110 valence electrons. The number of carbonyl (C=O) groups is 1. The highest BCUT2D eigenvalue weighted by Gasteiger charge is 2.37. The van der Waals surface area contributed by atoms with Crippen LogP contribution in [0.2, 0.25) is 0 Å². The molecule has 1 aromatic rings. The van der Waals surface area contributed by atoms with Gasteiger partial charge in [0.1, 0.15) is 6.61 Å². The number of hydrogen-bond donors (Lipinski definition) is 1. The van der Waals surface area contributed by atoms with Gasteiger partial charge in [-0.3, -0.25) is 0 Å². The van der Waals surface area contributed by atoms with E-state index in [0.29, 0.717) is 12.6 Å². The van der Waals surface area contributed by atoms with E-state index in [0.717, 1.165) is 25.1 Å². The fraction of sp³-hybridized carbons (Fsp3) is 0.562. The van der Waals surface area contributed by atoms with Crippen LogP contribution in [0.4, 0.5) is 4.79 Å². The Labute approximate surface area is 121 Å². The average Bonchev–Trinajstić information content (AvgIpc) is 2.44. The van der Waals surface area contributed by atoms with Crippen LogP contribution in [0.5, 0.6) is 0 Å². The lowest BCUT2D eigenvalue weighted by atomic mass is 9.79. The van der Waals surface area contributed by atoms with E-state index in [2.05, 4.69) is 19.2 Å². The maximum Gasteiger partial charge on any atom is 0.410 e. The molecule has 1 amide bonds. The number of rotatable bonds is 3. The molecule has 0 aliphatic carbocycles. The first-order chi connectivity index (χ1) is 9.53. The second-order valence-electron chi connectivity index (χ2n) is 6.08. The van der Waals surface area contributed by atoms with Gasteiger partial charge in [-0.1, -0.05) is 44.2 Å². The lowest BCUT2D eigenvalue weighted by molar-refractivity contribution is 0.0485. The Morgan fingerprint density at radius 3 is 2.70 bits per heavy atom. The molecule has 0 radical (unpaired) electrons. The smallest absolute Gasteiger partial charge is 0.410 e. The number of benzene rings is 1. The summed E-state index contributed by atoms with van der Waals surface area (Å²) in [5.74, 6) is 0. The summed E-state index contributed by atoms with van der Waals surface area (Å²) in [5.41, 5.74) is 1.09. The minimum Gasteiger partial charge on any atom is -0.445 e. The quantitative estimate of drug-likeness (QED) is 0.922. The lowest BCUT2D eigenvalue weighted by Crippen LogP contribution is -2.55. The molecule has 0 bridgehead atoms. The van der Waals surface area contributed by atoms with E-state index in [1.54, 1.807) is 0 Å². The van der Waals surface area contributed by atoms with Crippen LogP contribution in [-0.2, 0) is 11.3 Å². The van der Waals surface area contributed by atoms with Crippen molar-refractivity contribution in [3.8, 4) is 0 Å². The van der Waals surface area contributed by atoms with Gasteiger partial charge in [-0.15, -0.1) is 0 Å². The topological polar surface area (TPSA) is 41.6 Å². The normalized spacial score (nSPS) is 21.6. The van der Waals surface area contributed by atoms with Crippen LogP contribution in [-0.4, -0.2) is 37.2 Å². The number of nitrogens with zero attached hydrogens (tertiary/aromatic N) is 1. The van der Waals surface area contributed by atoms with Crippen molar-refractivity contribution in [3.05, 3.63) is 35.9 Å². The molecule has 1 atom stereocenters. The van der Waals surface area contributed by atoms with Gasteiger partial charge in [0.25, 0.3) is 0 Å². The average molecular weight is 276 g/mol. The molecule has 1 aliphatic heterocycles. The zero-order valence-electron chi connectivity index (χ0n) is 12.6. The van der Waals surface area contributed by atoms with E-state index < -0.39 is 0 Å². The molecule has 1 aliphatic rings. The number of carbonyl (C=O) groups excluding carboxylic acids is 1. The molecular weight excluding hydrogens is 252 g/mol. The van der Waals surface area contributed by atoms with Crippen molar-refractivity contribution in [2.75, 3.05) is 20.1 Å². The van der Waals surface area contributed by atoms with E-state index in [1.165, 1.54) is 0 Å². The largest absolute Gasteiger partial charge is 0.445 e. The summed E-state index contributed by atoms with van der Waals surface area (Å²) in [5, 5.41) is 3.33. The first-order valence-electron chi connectivity index (χ1n) is 7.16. The fourth-order valence-electron chi connectivity index (χ4n) is 2.86. The van der Waals surface area contributed by atoms with Gasteiger partial charge < -0.3 is 15.0 Å². The molecular formula is C16H24N2O2. The highest BCUT2D eigenvalue weighted by atomic mass is 16.6. The van der Waals surface area contributed by atoms with Gasteiger partial charge in [0, 0.05) is 19.1 Å². The molecule has 0 saturated carbocycles. The Kier molecular flexibility index (Phi) is 4.65. The van der Waals surface area contributed by atoms with Crippen molar-refractivity contribution in [1.82, 2.24) is 10.2 Å². The first kappa shape index (κ1) is 14.9. The SMILES string of the molecule is CNC1CCN(C(=O)OCc2ccccc2)CC1(C)C. The molecule has 4 nitrogen and oxygen atoms in total. The van der Waals surface area contributed by atoms with E-state index >= 15 is 0 Å². The van der Waals surface area contributed by atoms with Crippen LogP contribution in [0.1, 0.15) is 25.8 Å². The summed E-state index contributed by atoms with van der Waals surface area (Å²) in [6.07, 6.45) is 0.751. The van der Waals surface area contributed by atoms with Gasteiger partial charge in [-0.05, 0) is 24.4 Å². The Hall–Kier alpha value is -1.55. The molecule has 1 fully saturated rings. The number of piperidine rings is 1. The Morgan fingerprint density at radius 1 is 1.40 bits per heavy atom. The standard InChI is InChI=1S/C16H24N2O2/c1-16(2)12-18(10-9-14(16)17-3)15(19)20-11-13-7-5-4-6-8-13/h4-8,14,17H,9-12H2,1-3H3. The Bertz CT molecular complexity index is 445. The number of hydrogen-bond acceptors (Lipinski definition) is 3. The molecule has 1 aromatic carbocycles. The summed E-state index contributed by atoms with van der Waals surface area (Å²) in [4.78, 5) is 14.0. The highest BCUT2D eigenvalue weighted by molar-refractivity contribution is 5.67. The molecule has 2 rings (SSSR count). The van der Waals surface area contributed by atoms with Crippen LogP contribution in [0, 0.1) is 5.41 Å². The lowest BCUT2D eigenvalue weighted by Gasteiger charge is -2.43. The van der Waals surface area contributed by atoms with Gasteiger partial charge in [0.15, 0.2) is 0 Å². The number of likely N-dealkylation sites (tertiary alicyclic amines) is 1. The molecule has 0 spiro atoms. The summed E-state index contributed by atoms with van der Waals surface area (Å²) in [6.45, 7) is 6.19. The van der Waals surface area contributed by atoms with Crippen molar-refractivity contribution in [1.29, 1.82) is 0 Å². The Balaban J connectivity index is 1.87. The van der Waals surface area contributed by atoms with Crippen molar-refractivity contribution in [2.45, 2.75) is 32.9 Å². The van der Waals surface area contributed by atoms with E-state index in [4.69, 9.17) is 4.74 Å². The number of ether oxygens (including phenoxy) is 1. The summed E-state index contributed by atoms with van der Waals surface area (Å²) >= 11 is 0. The third-order valence-corrected chi connectivity index (χ3v) is 4.04. The molecule has 1 unspecified atom stereocenters. The monoisotopic (exact) mass is 276 g/mol. The maximum atomic E-state index is 12.1. The summed E-state index contributed by atoms with van der Waals surface area (Å²) in [6, 6.07) is 10.2. The van der Waals surface area contributed by atoms with Gasteiger partial charge in [-0.2, -0.15) is 0 Å². The third-order valence-electron chi connectivity index (χ3n) is 4.04. The molecule has 1 heterocycles. The minimum atomic E-state index is -0.212. The first-order valence-corrected chi connectivity index (χ1v) is 7.16. The van der Waals surface area contributed by atoms with Crippen LogP contribution in [0.15, 0.2) is 30.3 Å². The predicted octanol–water partition coefficient (Wildman–Crippen LogP) is 2.64. The van der Waals surface area contributed by atoms with Gasteiger partial charge in [0.05, 0.1) is 0 Å². The molecule has 20 heavy (non-hydrogen) atoms. The van der Waals surface area contributed by atoms with Crippen LogP contribution >= 0.6 is 0 Å². The van der Waals surface area contributed by atoms with Gasteiger partial charge in [0.2, 0.25) is 0 Å². The van der Waals surface area contributed by atoms with Gasteiger partial charge >= 0.3 is 6.09 Å². The second kappa shape index (κ2) is 6.27. The molecule has 0 aromatic heterocycles. The van der Waals surface area contributed by atoms with Crippen molar-refractivity contribution >= 4 is 6.09 Å². The van der Waals surface area contributed by atoms with Crippen LogP contribution in [0.3, 0.4) is 0 Å². The third kappa shape index (κ3) is 3.51. The molecule has 4 heteroatoms. The molecule has 1 N–H and O–H groups in total. The zero-order chi connectivity index (χ0) is 14.6. The van der Waals surface area contributed by atoms with Gasteiger partial charge in [-0.25, -0.2) is 4.79 Å². The van der Waals surface area contributed by atoms with E-state index in [1.807, 2.05) is 42.3 Å². The second-order valence-corrected chi connectivity index (χ2v) is 6.08. The van der Waals surface area contributed by atoms with E-state index in [-0.39, 0.29) is 11.5 Å².